The number of nitrogens with zero attached hydrogens (tertiary/aromatic N) is 1. The molecule has 0 aliphatic carbocycles. The molecule has 0 saturated heterocycles. The van der Waals surface area contributed by atoms with Crippen molar-refractivity contribution in [3.8, 4) is 0 Å². The minimum atomic E-state index is -3.29. The van der Waals surface area contributed by atoms with Gasteiger partial charge in [-0.25, -0.2) is 13.2 Å². The van der Waals surface area contributed by atoms with Gasteiger partial charge in [-0.3, -0.25) is 4.57 Å². The maximum atomic E-state index is 12.2. The molecule has 0 atom stereocenters. The molecule has 0 N–H and O–H groups in total. The first kappa shape index (κ1) is 16.3. The van der Waals surface area contributed by atoms with Crippen LogP contribution in [0.15, 0.2) is 63.8 Å². The average molecular weight is 343 g/mol. The highest BCUT2D eigenvalue weighted by molar-refractivity contribution is 7.90. The van der Waals surface area contributed by atoms with Crippen molar-refractivity contribution >= 4 is 27.0 Å². The Balaban J connectivity index is 1.74. The van der Waals surface area contributed by atoms with Gasteiger partial charge in [-0.1, -0.05) is 48.6 Å². The number of hydrogen-bond donors (Lipinski definition) is 0. The minimum absolute atomic E-state index is 0.0430. The van der Waals surface area contributed by atoms with Crippen LogP contribution in [0.5, 0.6) is 0 Å². The van der Waals surface area contributed by atoms with Crippen molar-refractivity contribution in [1.82, 2.24) is 4.57 Å². The van der Waals surface area contributed by atoms with E-state index in [1.165, 1.54) is 4.57 Å². The Morgan fingerprint density at radius 3 is 2.62 bits per heavy atom. The zero-order valence-corrected chi connectivity index (χ0v) is 14.0. The van der Waals surface area contributed by atoms with Crippen LogP contribution in [0.4, 0.5) is 0 Å². The Hall–Kier alpha value is -2.60. The quantitative estimate of drug-likeness (QED) is 0.714. The van der Waals surface area contributed by atoms with Crippen LogP contribution in [0.1, 0.15) is 11.1 Å². The summed E-state index contributed by atoms with van der Waals surface area (Å²) in [7, 11) is -1.68. The van der Waals surface area contributed by atoms with E-state index in [0.29, 0.717) is 16.7 Å². The molecule has 24 heavy (non-hydrogen) atoms. The smallest absolute Gasteiger partial charge is 0.408 e. The third-order valence-corrected chi connectivity index (χ3v) is 5.18. The third-order valence-electron chi connectivity index (χ3n) is 3.70. The lowest BCUT2D eigenvalue weighted by molar-refractivity contribution is 0.528. The Labute approximate surface area is 139 Å². The number of rotatable bonds is 5. The fourth-order valence-corrected chi connectivity index (χ4v) is 3.67. The van der Waals surface area contributed by atoms with Crippen LogP contribution >= 0.6 is 0 Å². The van der Waals surface area contributed by atoms with Gasteiger partial charge in [0.25, 0.3) is 0 Å². The van der Waals surface area contributed by atoms with E-state index in [4.69, 9.17) is 4.42 Å². The number of aromatic nitrogens is 1. The summed E-state index contributed by atoms with van der Waals surface area (Å²) in [4.78, 5) is 11.5. The Morgan fingerprint density at radius 1 is 1.12 bits per heavy atom. The summed E-state index contributed by atoms with van der Waals surface area (Å²) in [6, 6.07) is 14.5. The monoisotopic (exact) mass is 343 g/mol. The lowest BCUT2D eigenvalue weighted by Gasteiger charge is -2.02. The molecule has 0 fully saturated rings. The zero-order valence-electron chi connectivity index (χ0n) is 13.2. The molecule has 0 aliphatic heterocycles. The van der Waals surface area contributed by atoms with Crippen molar-refractivity contribution < 1.29 is 12.8 Å². The second-order valence-electron chi connectivity index (χ2n) is 5.60. The highest BCUT2D eigenvalue weighted by atomic mass is 32.2. The van der Waals surface area contributed by atoms with Crippen LogP contribution < -0.4 is 5.76 Å². The molecule has 1 heterocycles. The number of aryl methyl sites for hydroxylation is 1. The van der Waals surface area contributed by atoms with Gasteiger partial charge in [0.05, 0.1) is 17.0 Å². The summed E-state index contributed by atoms with van der Waals surface area (Å²) in [6.45, 7) is 0. The lowest BCUT2D eigenvalue weighted by atomic mass is 10.2. The molecule has 0 saturated carbocycles. The molecule has 0 radical (unpaired) electrons. The molecule has 3 rings (SSSR count). The van der Waals surface area contributed by atoms with E-state index >= 15 is 0 Å². The highest BCUT2D eigenvalue weighted by Gasteiger charge is 2.13. The zero-order chi connectivity index (χ0) is 17.2. The number of benzene rings is 2. The van der Waals surface area contributed by atoms with E-state index in [-0.39, 0.29) is 11.5 Å². The number of hydrogen-bond acceptors (Lipinski definition) is 4. The second-order valence-corrected chi connectivity index (χ2v) is 7.71. The van der Waals surface area contributed by atoms with E-state index in [2.05, 4.69) is 0 Å². The van der Waals surface area contributed by atoms with Gasteiger partial charge in [0.2, 0.25) is 0 Å². The van der Waals surface area contributed by atoms with Gasteiger partial charge >= 0.3 is 5.76 Å². The summed E-state index contributed by atoms with van der Waals surface area (Å²) < 4.78 is 31.0. The summed E-state index contributed by atoms with van der Waals surface area (Å²) >= 11 is 0. The van der Waals surface area contributed by atoms with Gasteiger partial charge in [0, 0.05) is 7.05 Å². The van der Waals surface area contributed by atoms with Crippen molar-refractivity contribution in [3.05, 3.63) is 76.3 Å². The topological polar surface area (TPSA) is 69.3 Å². The van der Waals surface area contributed by atoms with E-state index in [9.17, 15) is 13.2 Å². The standard InChI is InChI=1S/C18H17NO4S/c1-19-16-10-9-15(12-17(16)23-18(19)20)13-24(21,22)11-5-8-14-6-3-2-4-7-14/h2-10,12H,11,13H2,1H3/b8-5+. The van der Waals surface area contributed by atoms with Gasteiger partial charge in [0.1, 0.15) is 0 Å². The molecule has 2 aromatic carbocycles. The SMILES string of the molecule is Cn1c(=O)oc2cc(CS(=O)(=O)C/C=C/c3ccccc3)ccc21. The number of oxazole rings is 1. The maximum Gasteiger partial charge on any atom is 0.419 e. The molecular weight excluding hydrogens is 326 g/mol. The Morgan fingerprint density at radius 2 is 1.88 bits per heavy atom. The van der Waals surface area contributed by atoms with Crippen molar-refractivity contribution in [2.45, 2.75) is 5.75 Å². The van der Waals surface area contributed by atoms with Crippen LogP contribution in [0.25, 0.3) is 17.2 Å². The lowest BCUT2D eigenvalue weighted by Crippen LogP contribution is -2.08. The van der Waals surface area contributed by atoms with E-state index in [1.807, 2.05) is 30.3 Å². The first-order valence-corrected chi connectivity index (χ1v) is 9.27. The predicted octanol–water partition coefficient (Wildman–Crippen LogP) is 2.76. The molecule has 6 heteroatoms. The van der Waals surface area contributed by atoms with Gasteiger partial charge in [-0.15, -0.1) is 0 Å². The fraction of sp³-hybridized carbons (Fsp3) is 0.167. The largest absolute Gasteiger partial charge is 0.419 e. The van der Waals surface area contributed by atoms with Gasteiger partial charge in [-0.2, -0.15) is 0 Å². The predicted molar refractivity (Wildman–Crippen MR) is 94.4 cm³/mol. The van der Waals surface area contributed by atoms with Crippen LogP contribution in [-0.4, -0.2) is 18.7 Å². The molecule has 0 bridgehead atoms. The number of fused-ring (bicyclic) bond motifs is 1. The molecule has 0 aliphatic rings. The van der Waals surface area contributed by atoms with Gasteiger partial charge in [0.15, 0.2) is 15.4 Å². The van der Waals surface area contributed by atoms with Gasteiger partial charge in [-0.05, 0) is 23.3 Å². The first-order chi connectivity index (χ1) is 11.4. The van der Waals surface area contributed by atoms with E-state index in [1.54, 1.807) is 37.4 Å². The molecule has 0 spiro atoms. The van der Waals surface area contributed by atoms with Crippen LogP contribution in [0.2, 0.25) is 0 Å². The van der Waals surface area contributed by atoms with Gasteiger partial charge < -0.3 is 4.42 Å². The molecule has 1 aromatic heterocycles. The molecule has 5 nitrogen and oxygen atoms in total. The molecule has 0 unspecified atom stereocenters. The first-order valence-electron chi connectivity index (χ1n) is 7.45. The average Bonchev–Trinajstić information content (AvgIpc) is 2.82. The minimum Gasteiger partial charge on any atom is -0.408 e. The fourth-order valence-electron chi connectivity index (χ4n) is 2.48. The Kier molecular flexibility index (Phi) is 4.40. The van der Waals surface area contributed by atoms with Crippen molar-refractivity contribution in [2.75, 3.05) is 5.75 Å². The molecule has 0 amide bonds. The van der Waals surface area contributed by atoms with E-state index in [0.717, 1.165) is 5.56 Å². The van der Waals surface area contributed by atoms with Crippen LogP contribution in [0.3, 0.4) is 0 Å². The summed E-state index contributed by atoms with van der Waals surface area (Å²) in [5, 5.41) is 0. The van der Waals surface area contributed by atoms with E-state index < -0.39 is 15.6 Å². The van der Waals surface area contributed by atoms with Crippen molar-refractivity contribution in [1.29, 1.82) is 0 Å². The third kappa shape index (κ3) is 3.65. The summed E-state index contributed by atoms with van der Waals surface area (Å²) in [5.74, 6) is -0.602. The van der Waals surface area contributed by atoms with Crippen LogP contribution in [-0.2, 0) is 22.6 Å². The summed E-state index contributed by atoms with van der Waals surface area (Å²) in [6.07, 6.45) is 3.43. The maximum absolute atomic E-state index is 12.2. The number of sulfone groups is 1. The Bertz CT molecular complexity index is 1040. The van der Waals surface area contributed by atoms with Crippen LogP contribution in [0, 0.1) is 0 Å². The molecule has 124 valence electrons. The normalized spacial score (nSPS) is 12.2. The summed E-state index contributed by atoms with van der Waals surface area (Å²) in [5.41, 5.74) is 2.60. The second kappa shape index (κ2) is 6.49. The molecular formula is C18H17NO4S. The molecule has 3 aromatic rings. The van der Waals surface area contributed by atoms with Crippen molar-refractivity contribution in [3.63, 3.8) is 0 Å². The highest BCUT2D eigenvalue weighted by Crippen LogP contribution is 2.16. The van der Waals surface area contributed by atoms with Crippen molar-refractivity contribution in [2.24, 2.45) is 7.05 Å².